The molecule has 0 unspecified atom stereocenters. The minimum atomic E-state index is 0.527. The molecule has 0 aliphatic rings. The summed E-state index contributed by atoms with van der Waals surface area (Å²) < 4.78 is 5.29. The fraction of sp³-hybridized carbons (Fsp3) is 0.312. The highest BCUT2D eigenvalue weighted by Crippen LogP contribution is 2.25. The molecular formula is C16H21N3O. The van der Waals surface area contributed by atoms with E-state index >= 15 is 0 Å². The summed E-state index contributed by atoms with van der Waals surface area (Å²) in [5.74, 6) is 0.855. The zero-order valence-corrected chi connectivity index (χ0v) is 12.0. The van der Waals surface area contributed by atoms with Gasteiger partial charge in [-0.2, -0.15) is 0 Å². The third-order valence-electron chi connectivity index (χ3n) is 3.41. The molecule has 4 heteroatoms. The molecule has 2 N–H and O–H groups in total. The van der Waals surface area contributed by atoms with Crippen LogP contribution >= 0.6 is 0 Å². The number of aromatic nitrogens is 1. The predicted octanol–water partition coefficient (Wildman–Crippen LogP) is 2.23. The van der Waals surface area contributed by atoms with Crippen molar-refractivity contribution in [3.63, 3.8) is 0 Å². The third kappa shape index (κ3) is 3.48. The molecule has 20 heavy (non-hydrogen) atoms. The first-order valence-electron chi connectivity index (χ1n) is 6.71. The van der Waals surface area contributed by atoms with Gasteiger partial charge in [-0.15, -0.1) is 0 Å². The first-order valence-corrected chi connectivity index (χ1v) is 6.71. The molecule has 0 fully saturated rings. The predicted molar refractivity (Wildman–Crippen MR) is 82.1 cm³/mol. The van der Waals surface area contributed by atoms with Gasteiger partial charge in [0.1, 0.15) is 5.75 Å². The maximum Gasteiger partial charge on any atom is 0.120 e. The normalized spacial score (nSPS) is 10.3. The van der Waals surface area contributed by atoms with Crippen molar-refractivity contribution in [1.82, 2.24) is 4.98 Å². The van der Waals surface area contributed by atoms with Crippen molar-refractivity contribution in [2.75, 3.05) is 25.6 Å². The Labute approximate surface area is 120 Å². The second-order valence-corrected chi connectivity index (χ2v) is 4.73. The Morgan fingerprint density at radius 1 is 1.20 bits per heavy atom. The minimum Gasteiger partial charge on any atom is -0.497 e. The van der Waals surface area contributed by atoms with Crippen LogP contribution in [0.25, 0.3) is 0 Å². The largest absolute Gasteiger partial charge is 0.497 e. The van der Waals surface area contributed by atoms with Gasteiger partial charge in [0, 0.05) is 44.3 Å². The highest BCUT2D eigenvalue weighted by Gasteiger charge is 2.08. The van der Waals surface area contributed by atoms with Gasteiger partial charge < -0.3 is 15.4 Å². The van der Waals surface area contributed by atoms with Gasteiger partial charge in [0.15, 0.2) is 0 Å². The van der Waals surface area contributed by atoms with E-state index in [1.807, 2.05) is 42.7 Å². The number of hydrogen-bond donors (Lipinski definition) is 1. The molecule has 0 atom stereocenters. The lowest BCUT2D eigenvalue weighted by molar-refractivity contribution is 0.414. The Kier molecular flexibility index (Phi) is 4.96. The lowest BCUT2D eigenvalue weighted by Gasteiger charge is -2.23. The lowest BCUT2D eigenvalue weighted by Crippen LogP contribution is -2.22. The molecule has 1 aromatic carbocycles. The van der Waals surface area contributed by atoms with Crippen molar-refractivity contribution in [1.29, 1.82) is 0 Å². The van der Waals surface area contributed by atoms with Crippen LogP contribution in [0.2, 0.25) is 0 Å². The van der Waals surface area contributed by atoms with Crippen LogP contribution in [0.15, 0.2) is 42.7 Å². The first kappa shape index (κ1) is 14.3. The van der Waals surface area contributed by atoms with Crippen LogP contribution in [-0.4, -0.2) is 25.7 Å². The molecule has 0 spiro atoms. The van der Waals surface area contributed by atoms with E-state index in [2.05, 4.69) is 16.9 Å². The maximum absolute atomic E-state index is 5.81. The van der Waals surface area contributed by atoms with E-state index in [0.717, 1.165) is 30.0 Å². The quantitative estimate of drug-likeness (QED) is 0.875. The van der Waals surface area contributed by atoms with Gasteiger partial charge in [-0.05, 0) is 35.7 Å². The van der Waals surface area contributed by atoms with Gasteiger partial charge in [-0.1, -0.05) is 6.07 Å². The molecule has 0 amide bonds. The van der Waals surface area contributed by atoms with E-state index in [0.29, 0.717) is 6.54 Å². The molecule has 1 heterocycles. The van der Waals surface area contributed by atoms with Crippen molar-refractivity contribution in [2.45, 2.75) is 13.0 Å². The smallest absolute Gasteiger partial charge is 0.120 e. The van der Waals surface area contributed by atoms with Gasteiger partial charge in [-0.25, -0.2) is 0 Å². The Balaban J connectivity index is 2.09. The molecular weight excluding hydrogens is 250 g/mol. The number of anilines is 1. The second-order valence-electron chi connectivity index (χ2n) is 4.73. The standard InChI is InChI=1S/C16H21N3O/c1-19(10-7-13-5-8-18-9-6-13)16-11-15(20-2)4-3-14(16)12-17/h3-6,8-9,11H,7,10,12,17H2,1-2H3. The van der Waals surface area contributed by atoms with Crippen LogP contribution in [0, 0.1) is 0 Å². The Hall–Kier alpha value is -2.07. The number of methoxy groups -OCH3 is 1. The summed E-state index contributed by atoms with van der Waals surface area (Å²) in [5, 5.41) is 0. The summed E-state index contributed by atoms with van der Waals surface area (Å²) in [6.45, 7) is 1.45. The lowest BCUT2D eigenvalue weighted by atomic mass is 10.1. The van der Waals surface area contributed by atoms with E-state index in [1.165, 1.54) is 5.56 Å². The Morgan fingerprint density at radius 3 is 2.60 bits per heavy atom. The van der Waals surface area contributed by atoms with Gasteiger partial charge in [0.25, 0.3) is 0 Å². The van der Waals surface area contributed by atoms with Crippen LogP contribution < -0.4 is 15.4 Å². The Morgan fingerprint density at radius 2 is 1.95 bits per heavy atom. The summed E-state index contributed by atoms with van der Waals surface area (Å²) in [7, 11) is 3.76. The van der Waals surface area contributed by atoms with Gasteiger partial charge in [-0.3, -0.25) is 4.98 Å². The molecule has 2 rings (SSSR count). The number of pyridine rings is 1. The molecule has 2 aromatic rings. The van der Waals surface area contributed by atoms with Crippen molar-refractivity contribution >= 4 is 5.69 Å². The number of benzene rings is 1. The third-order valence-corrected chi connectivity index (χ3v) is 3.41. The molecule has 0 aliphatic carbocycles. The summed E-state index contributed by atoms with van der Waals surface area (Å²) in [5.41, 5.74) is 9.35. The molecule has 106 valence electrons. The molecule has 0 bridgehead atoms. The van der Waals surface area contributed by atoms with E-state index < -0.39 is 0 Å². The fourth-order valence-corrected chi connectivity index (χ4v) is 2.17. The molecule has 0 saturated carbocycles. The van der Waals surface area contributed by atoms with Crippen LogP contribution in [0.5, 0.6) is 5.75 Å². The zero-order valence-electron chi connectivity index (χ0n) is 12.0. The zero-order chi connectivity index (χ0) is 14.4. The molecule has 0 aliphatic heterocycles. The topological polar surface area (TPSA) is 51.4 Å². The van der Waals surface area contributed by atoms with Crippen molar-refractivity contribution in [2.24, 2.45) is 5.73 Å². The fourth-order valence-electron chi connectivity index (χ4n) is 2.17. The minimum absolute atomic E-state index is 0.527. The number of rotatable bonds is 6. The second kappa shape index (κ2) is 6.91. The maximum atomic E-state index is 5.81. The van der Waals surface area contributed by atoms with E-state index in [1.54, 1.807) is 7.11 Å². The van der Waals surface area contributed by atoms with Gasteiger partial charge in [0.2, 0.25) is 0 Å². The highest BCUT2D eigenvalue weighted by molar-refractivity contribution is 5.57. The van der Waals surface area contributed by atoms with Crippen LogP contribution in [0.1, 0.15) is 11.1 Å². The summed E-state index contributed by atoms with van der Waals surface area (Å²) in [6, 6.07) is 10.1. The number of nitrogens with zero attached hydrogens (tertiary/aromatic N) is 2. The van der Waals surface area contributed by atoms with Crippen molar-refractivity contribution < 1.29 is 4.74 Å². The SMILES string of the molecule is COc1ccc(CN)c(N(C)CCc2ccncc2)c1. The first-order chi connectivity index (χ1) is 9.74. The van der Waals surface area contributed by atoms with Crippen LogP contribution in [-0.2, 0) is 13.0 Å². The van der Waals surface area contributed by atoms with Crippen molar-refractivity contribution in [3.8, 4) is 5.75 Å². The number of hydrogen-bond acceptors (Lipinski definition) is 4. The average Bonchev–Trinajstić information content (AvgIpc) is 2.52. The van der Waals surface area contributed by atoms with Gasteiger partial charge >= 0.3 is 0 Å². The van der Waals surface area contributed by atoms with E-state index in [-0.39, 0.29) is 0 Å². The van der Waals surface area contributed by atoms with E-state index in [9.17, 15) is 0 Å². The average molecular weight is 271 g/mol. The number of ether oxygens (including phenoxy) is 1. The molecule has 1 aromatic heterocycles. The van der Waals surface area contributed by atoms with Crippen LogP contribution in [0.4, 0.5) is 5.69 Å². The number of likely N-dealkylation sites (N-methyl/N-ethyl adjacent to an activating group) is 1. The Bertz CT molecular complexity index is 543. The molecule has 0 saturated heterocycles. The highest BCUT2D eigenvalue weighted by atomic mass is 16.5. The van der Waals surface area contributed by atoms with E-state index in [4.69, 9.17) is 10.5 Å². The number of nitrogens with two attached hydrogens (primary N) is 1. The van der Waals surface area contributed by atoms with Gasteiger partial charge in [0.05, 0.1) is 7.11 Å². The summed E-state index contributed by atoms with van der Waals surface area (Å²) in [4.78, 5) is 6.25. The molecule has 4 nitrogen and oxygen atoms in total. The van der Waals surface area contributed by atoms with Crippen molar-refractivity contribution in [3.05, 3.63) is 53.9 Å². The summed E-state index contributed by atoms with van der Waals surface area (Å²) >= 11 is 0. The monoisotopic (exact) mass is 271 g/mol. The molecule has 0 radical (unpaired) electrons. The summed E-state index contributed by atoms with van der Waals surface area (Å²) in [6.07, 6.45) is 4.62. The van der Waals surface area contributed by atoms with Crippen LogP contribution in [0.3, 0.4) is 0 Å².